The molecule has 0 aliphatic carbocycles. The fourth-order valence-corrected chi connectivity index (χ4v) is 3.09. The third-order valence-electron chi connectivity index (χ3n) is 4.71. The molecule has 4 rings (SSSR count). The minimum atomic E-state index is -0.701. The highest BCUT2D eigenvalue weighted by molar-refractivity contribution is 5.63. The summed E-state index contributed by atoms with van der Waals surface area (Å²) in [5.74, 6) is 2.83. The predicted octanol–water partition coefficient (Wildman–Crippen LogP) is 9.44. The number of hydrogen-bond donors (Lipinski definition) is 3. The maximum absolute atomic E-state index is 10.2. The van der Waals surface area contributed by atoms with Gasteiger partial charge in [-0.1, -0.05) is 78.5 Å². The van der Waals surface area contributed by atoms with Gasteiger partial charge in [-0.3, -0.25) is 0 Å². The van der Waals surface area contributed by atoms with Gasteiger partial charge in [-0.05, 0) is 66.6 Å². The lowest BCUT2D eigenvalue weighted by Crippen LogP contribution is -2.01. The van der Waals surface area contributed by atoms with Crippen molar-refractivity contribution in [3.05, 3.63) is 109 Å². The van der Waals surface area contributed by atoms with Gasteiger partial charge in [0.1, 0.15) is 29.5 Å². The van der Waals surface area contributed by atoms with Crippen LogP contribution < -0.4 is 15.4 Å². The topological polar surface area (TPSA) is 79.3 Å². The summed E-state index contributed by atoms with van der Waals surface area (Å²) < 4.78 is 5.82. The number of aliphatic hydroxyl groups is 1. The van der Waals surface area contributed by atoms with E-state index in [9.17, 15) is 5.11 Å². The molecule has 6 heteroatoms. The number of nitrogens with one attached hydrogen (secondary N) is 2. The van der Waals surface area contributed by atoms with E-state index >= 15 is 0 Å². The van der Waals surface area contributed by atoms with E-state index in [0.29, 0.717) is 17.2 Å². The summed E-state index contributed by atoms with van der Waals surface area (Å²) in [6, 6.07) is 26.6. The molecule has 1 unspecified atom stereocenters. The van der Waals surface area contributed by atoms with E-state index in [1.165, 1.54) is 6.33 Å². The van der Waals surface area contributed by atoms with E-state index < -0.39 is 6.10 Å². The number of benzene rings is 3. The van der Waals surface area contributed by atoms with Crippen LogP contribution in [0.25, 0.3) is 0 Å². The van der Waals surface area contributed by atoms with Crippen LogP contribution in [0, 0.1) is 0 Å². The van der Waals surface area contributed by atoms with Crippen molar-refractivity contribution >= 4 is 23.0 Å². The van der Waals surface area contributed by atoms with Gasteiger partial charge >= 0.3 is 0 Å². The van der Waals surface area contributed by atoms with Gasteiger partial charge in [-0.25, -0.2) is 9.97 Å². The van der Waals surface area contributed by atoms with Gasteiger partial charge in [-0.15, -0.1) is 0 Å². The van der Waals surface area contributed by atoms with Crippen LogP contribution in [0.1, 0.15) is 60.1 Å². The highest BCUT2D eigenvalue weighted by atomic mass is 16.5. The highest BCUT2D eigenvalue weighted by Crippen LogP contribution is 2.26. The number of aromatic nitrogens is 2. The van der Waals surface area contributed by atoms with E-state index in [0.717, 1.165) is 28.4 Å². The molecule has 3 aromatic carbocycles. The molecule has 0 saturated carbocycles. The van der Waals surface area contributed by atoms with Gasteiger partial charge in [0.15, 0.2) is 0 Å². The number of ether oxygens (including phenoxy) is 1. The molecule has 0 fully saturated rings. The third-order valence-corrected chi connectivity index (χ3v) is 4.71. The molecule has 6 nitrogen and oxygen atoms in total. The smallest absolute Gasteiger partial charge is 0.135 e. The number of anilines is 4. The minimum absolute atomic E-state index is 0.633. The summed E-state index contributed by atoms with van der Waals surface area (Å²) in [4.78, 5) is 8.58. The molecule has 202 valence electrons. The zero-order chi connectivity index (χ0) is 28.3. The molecule has 0 bridgehead atoms. The van der Waals surface area contributed by atoms with Crippen molar-refractivity contribution in [2.24, 2.45) is 0 Å². The average molecular weight is 515 g/mol. The summed E-state index contributed by atoms with van der Waals surface area (Å²) in [5.41, 5.74) is 3.15. The molecule has 1 atom stereocenters. The SMILES string of the molecule is C=C(C)C(O)c1cccc(Nc2cc(Nc3ccc(Oc4ccccc4)cc3)ncn2)c1.CC.CC.CC. The molecule has 0 aliphatic rings. The zero-order valence-corrected chi connectivity index (χ0v) is 23.7. The van der Waals surface area contributed by atoms with Gasteiger partial charge < -0.3 is 20.5 Å². The first-order chi connectivity index (χ1) is 18.6. The first-order valence-corrected chi connectivity index (χ1v) is 13.2. The molecule has 0 radical (unpaired) electrons. The Labute approximate surface area is 228 Å². The standard InChI is InChI=1S/C26H24N4O2.3C2H6/c1-18(2)26(31)19-7-6-8-21(15-19)30-25-16-24(27-17-28-25)29-20-11-13-23(14-12-20)32-22-9-4-3-5-10-22;3*1-2/h3-17,26,31H,1H2,2H3,(H2,27,28,29,30);3*1-2H3. The molecule has 38 heavy (non-hydrogen) atoms. The Morgan fingerprint density at radius 1 is 0.711 bits per heavy atom. The molecular formula is C32H42N4O2. The van der Waals surface area contributed by atoms with Crippen LogP contribution in [-0.4, -0.2) is 15.1 Å². The Hall–Kier alpha value is -4.16. The Balaban J connectivity index is 0.00000112. The van der Waals surface area contributed by atoms with Crippen LogP contribution in [-0.2, 0) is 0 Å². The molecule has 4 aromatic rings. The Morgan fingerprint density at radius 2 is 1.26 bits per heavy atom. The number of rotatable bonds is 8. The second kappa shape index (κ2) is 18.1. The van der Waals surface area contributed by atoms with Crippen LogP contribution in [0.2, 0.25) is 0 Å². The molecule has 1 aromatic heterocycles. The lowest BCUT2D eigenvalue weighted by Gasteiger charge is -2.13. The minimum Gasteiger partial charge on any atom is -0.457 e. The molecule has 0 saturated heterocycles. The van der Waals surface area contributed by atoms with Crippen LogP contribution in [0.3, 0.4) is 0 Å². The second-order valence-electron chi connectivity index (χ2n) is 7.35. The number of aliphatic hydroxyl groups excluding tert-OH is 1. The van der Waals surface area contributed by atoms with Crippen LogP contribution in [0.15, 0.2) is 103 Å². The van der Waals surface area contributed by atoms with Gasteiger partial charge in [0.05, 0.1) is 6.10 Å². The zero-order valence-electron chi connectivity index (χ0n) is 23.7. The number of hydrogen-bond acceptors (Lipinski definition) is 6. The van der Waals surface area contributed by atoms with Crippen molar-refractivity contribution in [1.29, 1.82) is 0 Å². The summed E-state index contributed by atoms with van der Waals surface area (Å²) in [6.07, 6.45) is 0.789. The van der Waals surface area contributed by atoms with Gasteiger partial charge in [0, 0.05) is 17.4 Å². The maximum Gasteiger partial charge on any atom is 0.135 e. The fourth-order valence-electron chi connectivity index (χ4n) is 3.09. The summed E-state index contributed by atoms with van der Waals surface area (Å²) >= 11 is 0. The first kappa shape index (κ1) is 31.9. The van der Waals surface area contributed by atoms with Crippen molar-refractivity contribution in [3.8, 4) is 11.5 Å². The third kappa shape index (κ3) is 10.4. The van der Waals surface area contributed by atoms with Crippen LogP contribution >= 0.6 is 0 Å². The summed E-state index contributed by atoms with van der Waals surface area (Å²) in [5, 5.41) is 16.7. The number of nitrogens with zero attached hydrogens (tertiary/aromatic N) is 2. The number of para-hydroxylation sites is 1. The van der Waals surface area contributed by atoms with E-state index in [-0.39, 0.29) is 0 Å². The van der Waals surface area contributed by atoms with Gasteiger partial charge in [0.2, 0.25) is 0 Å². The van der Waals surface area contributed by atoms with Gasteiger partial charge in [0.25, 0.3) is 0 Å². The maximum atomic E-state index is 10.2. The van der Waals surface area contributed by atoms with Crippen molar-refractivity contribution in [2.45, 2.75) is 54.6 Å². The molecular weight excluding hydrogens is 472 g/mol. The van der Waals surface area contributed by atoms with E-state index in [4.69, 9.17) is 4.74 Å². The Kier molecular flexibility index (Phi) is 15.2. The van der Waals surface area contributed by atoms with E-state index in [1.807, 2.05) is 126 Å². The average Bonchev–Trinajstić information content (AvgIpc) is 2.98. The fraction of sp³-hybridized carbons (Fsp3) is 0.250. The van der Waals surface area contributed by atoms with Crippen LogP contribution in [0.4, 0.5) is 23.0 Å². The molecule has 0 aliphatic heterocycles. The van der Waals surface area contributed by atoms with Crippen molar-refractivity contribution < 1.29 is 9.84 Å². The van der Waals surface area contributed by atoms with Crippen LogP contribution in [0.5, 0.6) is 11.5 Å². The van der Waals surface area contributed by atoms with Crippen molar-refractivity contribution in [1.82, 2.24) is 9.97 Å². The molecule has 1 heterocycles. The lowest BCUT2D eigenvalue weighted by atomic mass is 10.0. The van der Waals surface area contributed by atoms with E-state index in [1.54, 1.807) is 6.92 Å². The largest absolute Gasteiger partial charge is 0.457 e. The first-order valence-electron chi connectivity index (χ1n) is 13.2. The Morgan fingerprint density at radius 3 is 1.84 bits per heavy atom. The quantitative estimate of drug-likeness (QED) is 0.203. The monoisotopic (exact) mass is 514 g/mol. The van der Waals surface area contributed by atoms with Crippen molar-refractivity contribution in [3.63, 3.8) is 0 Å². The summed E-state index contributed by atoms with van der Waals surface area (Å²) in [6.45, 7) is 17.6. The predicted molar refractivity (Wildman–Crippen MR) is 162 cm³/mol. The molecule has 0 spiro atoms. The molecule has 3 N–H and O–H groups in total. The second-order valence-corrected chi connectivity index (χ2v) is 7.35. The molecule has 0 amide bonds. The normalized spacial score (nSPS) is 10.1. The van der Waals surface area contributed by atoms with Gasteiger partial charge in [-0.2, -0.15) is 0 Å². The lowest BCUT2D eigenvalue weighted by molar-refractivity contribution is 0.216. The Bertz CT molecular complexity index is 1200. The summed E-state index contributed by atoms with van der Waals surface area (Å²) in [7, 11) is 0. The van der Waals surface area contributed by atoms with Crippen molar-refractivity contribution in [2.75, 3.05) is 10.6 Å². The van der Waals surface area contributed by atoms with E-state index in [2.05, 4.69) is 27.2 Å². The highest BCUT2D eigenvalue weighted by Gasteiger charge is 2.09.